The smallest absolute Gasteiger partial charge is 0.288 e. The fourth-order valence-corrected chi connectivity index (χ4v) is 4.16. The molecule has 1 atom stereocenters. The summed E-state index contributed by atoms with van der Waals surface area (Å²) in [6.45, 7) is 0. The normalized spacial score (nSPS) is 14.2. The molecule has 1 aromatic heterocycles. The van der Waals surface area contributed by atoms with Crippen molar-refractivity contribution in [3.63, 3.8) is 0 Å². The number of ether oxygens (including phenoxy) is 1. The van der Waals surface area contributed by atoms with Crippen LogP contribution < -0.4 is 15.4 Å². The maximum atomic E-state index is 12.8. The van der Waals surface area contributed by atoms with Crippen LogP contribution in [0.1, 0.15) is 27.5 Å². The molecule has 0 spiro atoms. The van der Waals surface area contributed by atoms with Crippen LogP contribution in [0.5, 0.6) is 5.75 Å². The average Bonchev–Trinajstić information content (AvgIpc) is 3.31. The van der Waals surface area contributed by atoms with Crippen LogP contribution in [0.25, 0.3) is 5.70 Å². The highest BCUT2D eigenvalue weighted by Crippen LogP contribution is 2.34. The van der Waals surface area contributed by atoms with Gasteiger partial charge in [0.2, 0.25) is 5.95 Å². The molecule has 2 N–H and O–H groups in total. The standard InChI is InChI=1S/C25H18Cl2N6O4/c1-37-18-9-4-15(5-10-18)21-13-20(14-2-7-17(26)8-3-14)28-25-30-24(31-32(21)25)29-23(34)16-6-11-19(27)22(12-16)33(35)36/h2-13,21H,1H3,(H2,28,29,30,31,34)/t21-/m1/s1. The number of benzene rings is 3. The lowest BCUT2D eigenvalue weighted by Gasteiger charge is -2.24. The van der Waals surface area contributed by atoms with Crippen molar-refractivity contribution in [3.8, 4) is 5.75 Å². The molecule has 4 aromatic rings. The van der Waals surface area contributed by atoms with Gasteiger partial charge in [-0.2, -0.15) is 4.98 Å². The zero-order valence-electron chi connectivity index (χ0n) is 19.2. The summed E-state index contributed by atoms with van der Waals surface area (Å²) in [5.74, 6) is 0.512. The van der Waals surface area contributed by atoms with Crippen LogP contribution in [0.2, 0.25) is 10.0 Å². The molecule has 10 nitrogen and oxygen atoms in total. The highest BCUT2D eigenvalue weighted by molar-refractivity contribution is 6.32. The first-order chi connectivity index (χ1) is 17.8. The number of hydrogen-bond acceptors (Lipinski definition) is 7. The number of carbonyl (C=O) groups excluding carboxylic acids is 1. The Balaban J connectivity index is 1.49. The van der Waals surface area contributed by atoms with Crippen LogP contribution >= 0.6 is 23.2 Å². The highest BCUT2D eigenvalue weighted by Gasteiger charge is 2.26. The zero-order chi connectivity index (χ0) is 26.1. The lowest BCUT2D eigenvalue weighted by molar-refractivity contribution is -0.384. The number of hydrogen-bond donors (Lipinski definition) is 2. The van der Waals surface area contributed by atoms with Crippen LogP contribution in [0.15, 0.2) is 72.8 Å². The summed E-state index contributed by atoms with van der Waals surface area (Å²) in [6.07, 6.45) is 1.99. The van der Waals surface area contributed by atoms with E-state index in [1.807, 2.05) is 42.5 Å². The van der Waals surface area contributed by atoms with E-state index >= 15 is 0 Å². The molecular formula is C25H18Cl2N6O4. The molecule has 186 valence electrons. The first-order valence-corrected chi connectivity index (χ1v) is 11.7. The van der Waals surface area contributed by atoms with Crippen molar-refractivity contribution in [1.82, 2.24) is 14.8 Å². The number of halogens is 2. The van der Waals surface area contributed by atoms with E-state index in [2.05, 4.69) is 20.7 Å². The summed E-state index contributed by atoms with van der Waals surface area (Å²) in [7, 11) is 1.60. The second kappa shape index (κ2) is 9.92. The number of fused-ring (bicyclic) bond motifs is 1. The van der Waals surface area contributed by atoms with Gasteiger partial charge in [-0.25, -0.2) is 4.68 Å². The first-order valence-electron chi connectivity index (χ1n) is 10.9. The van der Waals surface area contributed by atoms with Gasteiger partial charge in [0.15, 0.2) is 0 Å². The van der Waals surface area contributed by atoms with E-state index in [4.69, 9.17) is 27.9 Å². The minimum atomic E-state index is -0.653. The lowest BCUT2D eigenvalue weighted by Crippen LogP contribution is -2.20. The predicted molar refractivity (Wildman–Crippen MR) is 140 cm³/mol. The molecule has 0 fully saturated rings. The molecule has 1 aliphatic heterocycles. The number of rotatable bonds is 6. The summed E-state index contributed by atoms with van der Waals surface area (Å²) in [4.78, 5) is 27.8. The molecule has 1 aliphatic rings. The average molecular weight is 537 g/mol. The Hall–Kier alpha value is -4.41. The Morgan fingerprint density at radius 1 is 1.11 bits per heavy atom. The number of nitro groups is 1. The Bertz CT molecular complexity index is 1530. The van der Waals surface area contributed by atoms with Crippen molar-refractivity contribution < 1.29 is 14.5 Å². The second-order valence-electron chi connectivity index (χ2n) is 8.01. The Kier molecular flexibility index (Phi) is 6.51. The van der Waals surface area contributed by atoms with E-state index in [1.165, 1.54) is 12.1 Å². The van der Waals surface area contributed by atoms with Crippen molar-refractivity contribution in [2.75, 3.05) is 17.7 Å². The molecule has 0 saturated heterocycles. The van der Waals surface area contributed by atoms with E-state index in [0.29, 0.717) is 16.7 Å². The van der Waals surface area contributed by atoms with Gasteiger partial charge in [0.1, 0.15) is 16.8 Å². The predicted octanol–water partition coefficient (Wildman–Crippen LogP) is 5.81. The summed E-state index contributed by atoms with van der Waals surface area (Å²) in [5, 5.41) is 22.1. The van der Waals surface area contributed by atoms with Gasteiger partial charge in [-0.05, 0) is 53.6 Å². The van der Waals surface area contributed by atoms with Crippen LogP contribution in [-0.2, 0) is 0 Å². The third kappa shape index (κ3) is 4.97. The van der Waals surface area contributed by atoms with Crippen LogP contribution in [0.3, 0.4) is 0 Å². The molecular weight excluding hydrogens is 519 g/mol. The third-order valence-electron chi connectivity index (χ3n) is 5.71. The quantitative estimate of drug-likeness (QED) is 0.235. The first kappa shape index (κ1) is 24.3. The van der Waals surface area contributed by atoms with Gasteiger partial charge in [-0.15, -0.1) is 5.10 Å². The number of allylic oxidation sites excluding steroid dienone is 1. The Morgan fingerprint density at radius 2 is 1.84 bits per heavy atom. The van der Waals surface area contributed by atoms with E-state index < -0.39 is 10.8 Å². The molecule has 2 heterocycles. The number of carbonyl (C=O) groups is 1. The van der Waals surface area contributed by atoms with Crippen molar-refractivity contribution in [3.05, 3.63) is 110 Å². The number of nitrogens with one attached hydrogen (secondary N) is 2. The van der Waals surface area contributed by atoms with E-state index in [9.17, 15) is 14.9 Å². The Morgan fingerprint density at radius 3 is 2.51 bits per heavy atom. The fraction of sp³-hybridized carbons (Fsp3) is 0.0800. The molecule has 0 radical (unpaired) electrons. The fourth-order valence-electron chi connectivity index (χ4n) is 3.85. The molecule has 37 heavy (non-hydrogen) atoms. The molecule has 0 aliphatic carbocycles. The van der Waals surface area contributed by atoms with Crippen molar-refractivity contribution >= 4 is 52.4 Å². The topological polar surface area (TPSA) is 124 Å². The number of aromatic nitrogens is 3. The van der Waals surface area contributed by atoms with E-state index in [-0.39, 0.29) is 28.3 Å². The van der Waals surface area contributed by atoms with E-state index in [1.54, 1.807) is 23.9 Å². The minimum Gasteiger partial charge on any atom is -0.497 e. The number of nitro benzene ring substituents is 1. The Labute approximate surface area is 220 Å². The third-order valence-corrected chi connectivity index (χ3v) is 6.28. The largest absolute Gasteiger partial charge is 0.497 e. The monoisotopic (exact) mass is 536 g/mol. The van der Waals surface area contributed by atoms with Gasteiger partial charge in [-0.1, -0.05) is 47.5 Å². The number of nitrogens with zero attached hydrogens (tertiary/aromatic N) is 4. The van der Waals surface area contributed by atoms with Crippen molar-refractivity contribution in [2.45, 2.75) is 6.04 Å². The SMILES string of the molecule is COc1ccc([C@H]2C=C(c3ccc(Cl)cc3)Nc3nc(NC(=O)c4ccc(Cl)c([N+](=O)[O-])c4)nn32)cc1. The minimum absolute atomic E-state index is 0.0226. The number of anilines is 2. The van der Waals surface area contributed by atoms with Crippen LogP contribution in [-0.4, -0.2) is 32.7 Å². The number of amides is 1. The van der Waals surface area contributed by atoms with Crippen molar-refractivity contribution in [2.24, 2.45) is 0 Å². The van der Waals surface area contributed by atoms with Crippen LogP contribution in [0, 0.1) is 10.1 Å². The molecule has 0 saturated carbocycles. The summed E-state index contributed by atoms with van der Waals surface area (Å²) < 4.78 is 6.92. The summed E-state index contributed by atoms with van der Waals surface area (Å²) >= 11 is 11.9. The maximum absolute atomic E-state index is 12.8. The van der Waals surface area contributed by atoms with Crippen LogP contribution in [0.4, 0.5) is 17.6 Å². The van der Waals surface area contributed by atoms with Gasteiger partial charge in [0.05, 0.1) is 12.0 Å². The zero-order valence-corrected chi connectivity index (χ0v) is 20.7. The van der Waals surface area contributed by atoms with Crippen molar-refractivity contribution in [1.29, 1.82) is 0 Å². The van der Waals surface area contributed by atoms with Gasteiger partial charge in [-0.3, -0.25) is 20.2 Å². The van der Waals surface area contributed by atoms with Gasteiger partial charge < -0.3 is 10.1 Å². The van der Waals surface area contributed by atoms with Gasteiger partial charge in [0, 0.05) is 22.3 Å². The maximum Gasteiger partial charge on any atom is 0.288 e. The lowest BCUT2D eigenvalue weighted by atomic mass is 10.0. The number of methoxy groups -OCH3 is 1. The molecule has 0 unspecified atom stereocenters. The van der Waals surface area contributed by atoms with Gasteiger partial charge in [0.25, 0.3) is 17.5 Å². The molecule has 5 rings (SSSR count). The summed E-state index contributed by atoms with van der Waals surface area (Å²) in [5.41, 5.74) is 2.25. The molecule has 3 aromatic carbocycles. The van der Waals surface area contributed by atoms with E-state index in [0.717, 1.165) is 22.9 Å². The second-order valence-corrected chi connectivity index (χ2v) is 8.85. The highest BCUT2D eigenvalue weighted by atomic mass is 35.5. The van der Waals surface area contributed by atoms with Gasteiger partial charge >= 0.3 is 0 Å². The molecule has 0 bridgehead atoms. The summed E-state index contributed by atoms with van der Waals surface area (Å²) in [6, 6.07) is 18.3. The molecule has 1 amide bonds. The molecule has 12 heteroatoms.